The second-order valence-corrected chi connectivity index (χ2v) is 5.31. The summed E-state index contributed by atoms with van der Waals surface area (Å²) in [6.45, 7) is 2.24. The summed E-state index contributed by atoms with van der Waals surface area (Å²) in [4.78, 5) is 14.2. The fraction of sp³-hybridized carbons (Fsp3) is 0.643. The Morgan fingerprint density at radius 1 is 1.37 bits per heavy atom. The maximum atomic E-state index is 10.5. The predicted molar refractivity (Wildman–Crippen MR) is 75.2 cm³/mol. The number of nitrogens with one attached hydrogen (secondary N) is 1. The lowest BCUT2D eigenvalue weighted by Crippen LogP contribution is -2.26. The fourth-order valence-corrected chi connectivity index (χ4v) is 2.79. The van der Waals surface area contributed by atoms with E-state index in [-0.39, 0.29) is 5.69 Å². The van der Waals surface area contributed by atoms with E-state index >= 15 is 0 Å². The maximum absolute atomic E-state index is 10.5. The molecule has 19 heavy (non-hydrogen) atoms. The summed E-state index contributed by atoms with van der Waals surface area (Å²) in [7, 11) is 0. The van der Waals surface area contributed by atoms with Crippen molar-refractivity contribution in [2.24, 2.45) is 5.92 Å². The van der Waals surface area contributed by atoms with Gasteiger partial charge in [0.15, 0.2) is 0 Å². The van der Waals surface area contributed by atoms with Crippen LogP contribution in [-0.4, -0.2) is 15.9 Å². The molecule has 0 unspecified atom stereocenters. The Bertz CT molecular complexity index is 411. The van der Waals surface area contributed by atoms with Gasteiger partial charge >= 0.3 is 0 Å². The molecular formula is C14H21N3O2. The van der Waals surface area contributed by atoms with Crippen molar-refractivity contribution in [1.29, 1.82) is 0 Å². The van der Waals surface area contributed by atoms with Gasteiger partial charge in [-0.05, 0) is 37.7 Å². The Labute approximate surface area is 113 Å². The van der Waals surface area contributed by atoms with Gasteiger partial charge < -0.3 is 5.32 Å². The molecule has 0 spiro atoms. The predicted octanol–water partition coefficient (Wildman–Crippen LogP) is 3.76. The van der Waals surface area contributed by atoms with E-state index in [1.165, 1.54) is 50.8 Å². The lowest BCUT2D eigenvalue weighted by atomic mass is 9.83. The number of hydrogen-bond acceptors (Lipinski definition) is 4. The number of pyridine rings is 1. The highest BCUT2D eigenvalue weighted by atomic mass is 16.6. The first-order chi connectivity index (χ1) is 9.19. The Kier molecular flexibility index (Phi) is 4.71. The van der Waals surface area contributed by atoms with Crippen molar-refractivity contribution in [3.8, 4) is 0 Å². The van der Waals surface area contributed by atoms with Crippen LogP contribution in [0.3, 0.4) is 0 Å². The number of anilines is 1. The molecule has 0 atom stereocenters. The van der Waals surface area contributed by atoms with Gasteiger partial charge in [0.25, 0.3) is 5.69 Å². The van der Waals surface area contributed by atoms with Crippen molar-refractivity contribution in [1.82, 2.24) is 4.98 Å². The van der Waals surface area contributed by atoms with Gasteiger partial charge in [-0.25, -0.2) is 4.98 Å². The number of aromatic nitrogens is 1. The van der Waals surface area contributed by atoms with E-state index in [1.54, 1.807) is 6.07 Å². The first kappa shape index (κ1) is 13.8. The summed E-state index contributed by atoms with van der Waals surface area (Å²) in [6.07, 6.45) is 8.81. The molecule has 0 radical (unpaired) electrons. The summed E-state index contributed by atoms with van der Waals surface area (Å²) in [5, 5.41) is 13.9. The van der Waals surface area contributed by atoms with Crippen LogP contribution in [0.4, 0.5) is 11.5 Å². The van der Waals surface area contributed by atoms with Crippen molar-refractivity contribution in [3.63, 3.8) is 0 Å². The molecule has 104 valence electrons. The molecular weight excluding hydrogens is 242 g/mol. The van der Waals surface area contributed by atoms with Crippen molar-refractivity contribution in [2.75, 3.05) is 5.32 Å². The van der Waals surface area contributed by atoms with Gasteiger partial charge in [0.2, 0.25) is 0 Å². The van der Waals surface area contributed by atoms with E-state index in [9.17, 15) is 10.1 Å². The third-order valence-corrected chi connectivity index (χ3v) is 3.85. The molecule has 0 bridgehead atoms. The van der Waals surface area contributed by atoms with Crippen molar-refractivity contribution < 1.29 is 4.92 Å². The Hall–Kier alpha value is -1.65. The topological polar surface area (TPSA) is 68.1 Å². The molecule has 1 aromatic heterocycles. The summed E-state index contributed by atoms with van der Waals surface area (Å²) in [5.74, 6) is 1.62. The molecule has 0 amide bonds. The highest BCUT2D eigenvalue weighted by Gasteiger charge is 2.20. The minimum absolute atomic E-state index is 0.0391. The van der Waals surface area contributed by atoms with E-state index in [4.69, 9.17) is 0 Å². The molecule has 1 N–H and O–H groups in total. The van der Waals surface area contributed by atoms with E-state index in [0.717, 1.165) is 11.7 Å². The van der Waals surface area contributed by atoms with E-state index in [2.05, 4.69) is 17.2 Å². The lowest BCUT2D eigenvalue weighted by molar-refractivity contribution is -0.385. The van der Waals surface area contributed by atoms with Gasteiger partial charge in [-0.1, -0.05) is 19.8 Å². The standard InChI is InChI=1S/C14H21N3O2/c1-2-3-11-4-6-12(7-5-11)16-14-9-8-13(10-15-14)17(18)19/h8-12H,2-7H2,1H3,(H,15,16). The van der Waals surface area contributed by atoms with Gasteiger partial charge in [0.05, 0.1) is 4.92 Å². The zero-order chi connectivity index (χ0) is 13.7. The smallest absolute Gasteiger partial charge is 0.287 e. The van der Waals surface area contributed by atoms with E-state index in [1.807, 2.05) is 0 Å². The maximum Gasteiger partial charge on any atom is 0.287 e. The second kappa shape index (κ2) is 6.50. The Balaban J connectivity index is 1.83. The average molecular weight is 263 g/mol. The van der Waals surface area contributed by atoms with Crippen LogP contribution >= 0.6 is 0 Å². The first-order valence-corrected chi connectivity index (χ1v) is 7.06. The first-order valence-electron chi connectivity index (χ1n) is 7.06. The lowest BCUT2D eigenvalue weighted by Gasteiger charge is -2.29. The van der Waals surface area contributed by atoms with Crippen LogP contribution in [0.2, 0.25) is 0 Å². The van der Waals surface area contributed by atoms with E-state index < -0.39 is 4.92 Å². The molecule has 0 aliphatic heterocycles. The number of nitrogens with zero attached hydrogens (tertiary/aromatic N) is 2. The highest BCUT2D eigenvalue weighted by Crippen LogP contribution is 2.29. The monoisotopic (exact) mass is 263 g/mol. The normalized spacial score (nSPS) is 23.0. The molecule has 0 aromatic carbocycles. The summed E-state index contributed by atoms with van der Waals surface area (Å²) in [6, 6.07) is 3.65. The Morgan fingerprint density at radius 2 is 2.11 bits per heavy atom. The number of rotatable bonds is 5. The van der Waals surface area contributed by atoms with Crippen LogP contribution in [0.25, 0.3) is 0 Å². The number of hydrogen-bond donors (Lipinski definition) is 1. The van der Waals surface area contributed by atoms with Gasteiger partial charge in [-0.2, -0.15) is 0 Å². The molecule has 5 nitrogen and oxygen atoms in total. The average Bonchev–Trinajstić information content (AvgIpc) is 2.42. The van der Waals surface area contributed by atoms with Crippen LogP contribution in [0.15, 0.2) is 18.3 Å². The summed E-state index contributed by atoms with van der Waals surface area (Å²) >= 11 is 0. The van der Waals surface area contributed by atoms with Crippen LogP contribution in [0.1, 0.15) is 45.4 Å². The van der Waals surface area contributed by atoms with Gasteiger partial charge in [0, 0.05) is 12.1 Å². The summed E-state index contributed by atoms with van der Waals surface area (Å²) < 4.78 is 0. The SMILES string of the molecule is CCCC1CCC(Nc2ccc([N+](=O)[O-])cn2)CC1. The third kappa shape index (κ3) is 3.91. The van der Waals surface area contributed by atoms with Crippen molar-refractivity contribution in [3.05, 3.63) is 28.4 Å². The van der Waals surface area contributed by atoms with Gasteiger partial charge in [-0.15, -0.1) is 0 Å². The molecule has 1 aliphatic rings. The van der Waals surface area contributed by atoms with Crippen LogP contribution in [0.5, 0.6) is 0 Å². The van der Waals surface area contributed by atoms with Crippen LogP contribution < -0.4 is 5.32 Å². The van der Waals surface area contributed by atoms with Crippen LogP contribution in [-0.2, 0) is 0 Å². The summed E-state index contributed by atoms with van der Waals surface area (Å²) in [5.41, 5.74) is 0.0391. The molecule has 1 heterocycles. The molecule has 1 aromatic rings. The molecule has 1 aliphatic carbocycles. The molecule has 5 heteroatoms. The molecule has 1 saturated carbocycles. The molecule has 0 saturated heterocycles. The molecule has 2 rings (SSSR count). The highest BCUT2D eigenvalue weighted by molar-refractivity contribution is 5.40. The van der Waals surface area contributed by atoms with Gasteiger partial charge in [-0.3, -0.25) is 10.1 Å². The zero-order valence-electron chi connectivity index (χ0n) is 11.3. The van der Waals surface area contributed by atoms with E-state index in [0.29, 0.717) is 6.04 Å². The zero-order valence-corrected chi connectivity index (χ0v) is 11.3. The quantitative estimate of drug-likeness (QED) is 0.648. The van der Waals surface area contributed by atoms with Crippen LogP contribution in [0, 0.1) is 16.0 Å². The minimum atomic E-state index is -0.424. The van der Waals surface area contributed by atoms with Crippen molar-refractivity contribution >= 4 is 11.5 Å². The Morgan fingerprint density at radius 3 is 2.63 bits per heavy atom. The number of nitro groups is 1. The van der Waals surface area contributed by atoms with Gasteiger partial charge in [0.1, 0.15) is 12.0 Å². The second-order valence-electron chi connectivity index (χ2n) is 5.31. The van der Waals surface area contributed by atoms with Crippen molar-refractivity contribution in [2.45, 2.75) is 51.5 Å². The largest absolute Gasteiger partial charge is 0.367 e. The third-order valence-electron chi connectivity index (χ3n) is 3.85. The fourth-order valence-electron chi connectivity index (χ4n) is 2.79. The minimum Gasteiger partial charge on any atom is -0.367 e. The molecule has 1 fully saturated rings.